The van der Waals surface area contributed by atoms with Crippen molar-refractivity contribution in [2.45, 2.75) is 72.1 Å². The van der Waals surface area contributed by atoms with E-state index >= 15 is 0 Å². The van der Waals surface area contributed by atoms with Gasteiger partial charge in [-0.1, -0.05) is 45.4 Å². The van der Waals surface area contributed by atoms with Gasteiger partial charge >= 0.3 is 5.97 Å². The van der Waals surface area contributed by atoms with Crippen molar-refractivity contribution in [1.29, 1.82) is 0 Å². The van der Waals surface area contributed by atoms with Crippen molar-refractivity contribution in [2.24, 2.45) is 0 Å². The largest absolute Gasteiger partial charge is 0.435 e. The molecule has 0 fully saturated rings. The van der Waals surface area contributed by atoms with Gasteiger partial charge in [0.2, 0.25) is 0 Å². The lowest BCUT2D eigenvalue weighted by molar-refractivity contribution is -0.135. The third-order valence-corrected chi connectivity index (χ3v) is 2.60. The number of hydrogen-bond acceptors (Lipinski definition) is 2. The summed E-state index contributed by atoms with van der Waals surface area (Å²) < 4.78 is 4.81. The van der Waals surface area contributed by atoms with E-state index in [1.807, 2.05) is 6.92 Å². The standard InChI is InChI=1S/C14H26O2/c1-4-5-6-7-8-9-10-11-13(2)12-16-14(3)15/h12H,4-11H2,1-3H3/b13-12+. The smallest absolute Gasteiger partial charge is 0.307 e. The fraction of sp³-hybridized carbons (Fsp3) is 0.786. The molecular formula is C14H26O2. The summed E-state index contributed by atoms with van der Waals surface area (Å²) in [7, 11) is 0. The zero-order valence-electron chi connectivity index (χ0n) is 11.1. The highest BCUT2D eigenvalue weighted by Gasteiger charge is 1.94. The molecule has 0 aromatic heterocycles. The summed E-state index contributed by atoms with van der Waals surface area (Å²) in [5.74, 6) is -0.237. The Hall–Kier alpha value is -0.790. The van der Waals surface area contributed by atoms with Crippen LogP contribution in [-0.2, 0) is 9.53 Å². The molecule has 16 heavy (non-hydrogen) atoms. The highest BCUT2D eigenvalue weighted by atomic mass is 16.5. The number of carbonyl (C=O) groups excluding carboxylic acids is 1. The molecule has 2 nitrogen and oxygen atoms in total. The second-order valence-corrected chi connectivity index (χ2v) is 4.44. The Morgan fingerprint density at radius 1 is 1.00 bits per heavy atom. The van der Waals surface area contributed by atoms with Crippen molar-refractivity contribution in [3.8, 4) is 0 Å². The summed E-state index contributed by atoms with van der Waals surface area (Å²) in [6, 6.07) is 0. The molecule has 94 valence electrons. The maximum absolute atomic E-state index is 10.6. The van der Waals surface area contributed by atoms with Crippen LogP contribution in [0.25, 0.3) is 0 Å². The molecule has 0 saturated carbocycles. The van der Waals surface area contributed by atoms with Crippen molar-refractivity contribution in [3.63, 3.8) is 0 Å². The van der Waals surface area contributed by atoms with Crippen LogP contribution < -0.4 is 0 Å². The van der Waals surface area contributed by atoms with E-state index in [-0.39, 0.29) is 5.97 Å². The van der Waals surface area contributed by atoms with Crippen molar-refractivity contribution in [3.05, 3.63) is 11.8 Å². The number of esters is 1. The van der Waals surface area contributed by atoms with Crippen molar-refractivity contribution in [2.75, 3.05) is 0 Å². The van der Waals surface area contributed by atoms with Gasteiger partial charge in [0.15, 0.2) is 0 Å². The van der Waals surface area contributed by atoms with Crippen LogP contribution in [0.5, 0.6) is 0 Å². The molecule has 2 heteroatoms. The number of rotatable bonds is 9. The first kappa shape index (κ1) is 15.2. The summed E-state index contributed by atoms with van der Waals surface area (Å²) in [5.41, 5.74) is 1.16. The Kier molecular flexibility index (Phi) is 10.2. The average molecular weight is 226 g/mol. The van der Waals surface area contributed by atoms with Gasteiger partial charge in [-0.25, -0.2) is 0 Å². The van der Waals surface area contributed by atoms with Gasteiger partial charge in [-0.15, -0.1) is 0 Å². The molecule has 0 bridgehead atoms. The molecule has 0 aromatic rings. The topological polar surface area (TPSA) is 26.3 Å². The van der Waals surface area contributed by atoms with E-state index in [1.165, 1.54) is 51.9 Å². The van der Waals surface area contributed by atoms with Gasteiger partial charge in [0.1, 0.15) is 0 Å². The van der Waals surface area contributed by atoms with Gasteiger partial charge in [-0.2, -0.15) is 0 Å². The zero-order chi connectivity index (χ0) is 12.2. The Labute approximate surface area is 100 Å². The predicted molar refractivity (Wildman–Crippen MR) is 68.1 cm³/mol. The predicted octanol–water partition coefficient (Wildman–Crippen LogP) is 4.59. The van der Waals surface area contributed by atoms with Crippen molar-refractivity contribution >= 4 is 5.97 Å². The minimum Gasteiger partial charge on any atom is -0.435 e. The minimum absolute atomic E-state index is 0.237. The fourth-order valence-electron chi connectivity index (χ4n) is 1.60. The van der Waals surface area contributed by atoms with Crippen molar-refractivity contribution < 1.29 is 9.53 Å². The molecule has 0 unspecified atom stereocenters. The normalized spacial score (nSPS) is 11.6. The first-order valence-corrected chi connectivity index (χ1v) is 6.49. The first-order valence-electron chi connectivity index (χ1n) is 6.49. The van der Waals surface area contributed by atoms with Gasteiger partial charge < -0.3 is 4.74 Å². The summed E-state index contributed by atoms with van der Waals surface area (Å²) in [4.78, 5) is 10.6. The van der Waals surface area contributed by atoms with E-state index in [1.54, 1.807) is 6.26 Å². The number of unbranched alkanes of at least 4 members (excludes halogenated alkanes) is 6. The number of ether oxygens (including phenoxy) is 1. The molecule has 0 aliphatic carbocycles. The van der Waals surface area contributed by atoms with Crippen LogP contribution in [-0.4, -0.2) is 5.97 Å². The van der Waals surface area contributed by atoms with E-state index in [0.717, 1.165) is 12.0 Å². The highest BCUT2D eigenvalue weighted by Crippen LogP contribution is 2.11. The second kappa shape index (κ2) is 10.7. The van der Waals surface area contributed by atoms with Crippen LogP contribution in [0.2, 0.25) is 0 Å². The summed E-state index contributed by atoms with van der Waals surface area (Å²) in [6.45, 7) is 5.68. The molecule has 0 saturated heterocycles. The van der Waals surface area contributed by atoms with Crippen LogP contribution in [0, 0.1) is 0 Å². The lowest BCUT2D eigenvalue weighted by Gasteiger charge is -2.02. The molecular weight excluding hydrogens is 200 g/mol. The Morgan fingerprint density at radius 2 is 1.56 bits per heavy atom. The summed E-state index contributed by atoms with van der Waals surface area (Å²) in [5, 5.41) is 0. The Balaban J connectivity index is 3.30. The van der Waals surface area contributed by atoms with Crippen LogP contribution in [0.3, 0.4) is 0 Å². The third kappa shape index (κ3) is 11.3. The van der Waals surface area contributed by atoms with Gasteiger partial charge in [-0.3, -0.25) is 4.79 Å². The van der Waals surface area contributed by atoms with E-state index in [0.29, 0.717) is 0 Å². The zero-order valence-corrected chi connectivity index (χ0v) is 11.1. The fourth-order valence-corrected chi connectivity index (χ4v) is 1.60. The monoisotopic (exact) mass is 226 g/mol. The van der Waals surface area contributed by atoms with E-state index in [2.05, 4.69) is 6.92 Å². The van der Waals surface area contributed by atoms with Gasteiger partial charge in [-0.05, 0) is 25.3 Å². The molecule has 0 radical (unpaired) electrons. The first-order chi connectivity index (χ1) is 7.66. The van der Waals surface area contributed by atoms with Crippen molar-refractivity contribution in [1.82, 2.24) is 0 Å². The number of hydrogen-bond donors (Lipinski definition) is 0. The van der Waals surface area contributed by atoms with Gasteiger partial charge in [0, 0.05) is 6.92 Å². The number of allylic oxidation sites excluding steroid dienone is 1. The molecule has 0 rings (SSSR count). The molecule has 0 aliphatic rings. The average Bonchev–Trinajstić information content (AvgIpc) is 2.25. The summed E-state index contributed by atoms with van der Waals surface area (Å²) in [6.07, 6.45) is 11.9. The molecule has 0 atom stereocenters. The van der Waals surface area contributed by atoms with Gasteiger partial charge in [0.05, 0.1) is 6.26 Å². The quantitative estimate of drug-likeness (QED) is 0.326. The Morgan fingerprint density at radius 3 is 2.12 bits per heavy atom. The number of carbonyl (C=O) groups is 1. The second-order valence-electron chi connectivity index (χ2n) is 4.44. The maximum atomic E-state index is 10.6. The minimum atomic E-state index is -0.237. The lowest BCUT2D eigenvalue weighted by atomic mass is 10.1. The summed E-state index contributed by atoms with van der Waals surface area (Å²) >= 11 is 0. The molecule has 0 spiro atoms. The molecule has 0 aliphatic heterocycles. The Bertz CT molecular complexity index is 207. The maximum Gasteiger partial charge on any atom is 0.307 e. The highest BCUT2D eigenvalue weighted by molar-refractivity contribution is 5.66. The molecule has 0 N–H and O–H groups in total. The van der Waals surface area contributed by atoms with Crippen LogP contribution in [0.15, 0.2) is 11.8 Å². The molecule has 0 aromatic carbocycles. The molecule has 0 amide bonds. The lowest BCUT2D eigenvalue weighted by Crippen LogP contribution is -1.91. The van der Waals surface area contributed by atoms with E-state index in [9.17, 15) is 4.79 Å². The van der Waals surface area contributed by atoms with Crippen LogP contribution in [0.4, 0.5) is 0 Å². The van der Waals surface area contributed by atoms with Gasteiger partial charge in [0.25, 0.3) is 0 Å². The third-order valence-electron chi connectivity index (χ3n) is 2.60. The van der Waals surface area contributed by atoms with Crippen LogP contribution >= 0.6 is 0 Å². The molecule has 0 heterocycles. The van der Waals surface area contributed by atoms with Crippen LogP contribution in [0.1, 0.15) is 72.1 Å². The SMILES string of the molecule is CCCCCCCCC/C(C)=C/OC(C)=O. The van der Waals surface area contributed by atoms with E-state index < -0.39 is 0 Å². The van der Waals surface area contributed by atoms with E-state index in [4.69, 9.17) is 4.74 Å².